The van der Waals surface area contributed by atoms with Gasteiger partial charge in [0.25, 0.3) is 0 Å². The highest BCUT2D eigenvalue weighted by Crippen LogP contribution is 2.43. The molecule has 0 saturated carbocycles. The first-order valence-corrected chi connectivity index (χ1v) is 33.9. The topological polar surface area (TPSA) is 134 Å². The summed E-state index contributed by atoms with van der Waals surface area (Å²) in [5.41, 5.74) is 5.39. The number of hydrogen-bond acceptors (Lipinski definition) is 8. The van der Waals surface area contributed by atoms with E-state index < -0.39 is 26.5 Å². The molecule has 0 saturated heterocycles. The van der Waals surface area contributed by atoms with Crippen LogP contribution in [0.3, 0.4) is 0 Å². The largest absolute Gasteiger partial charge is 0.472 e. The van der Waals surface area contributed by atoms with Crippen molar-refractivity contribution in [3.05, 3.63) is 109 Å². The van der Waals surface area contributed by atoms with Gasteiger partial charge in [0.15, 0.2) is 6.10 Å². The van der Waals surface area contributed by atoms with E-state index >= 15 is 0 Å². The zero-order chi connectivity index (χ0) is 57.3. The Kier molecular flexibility index (Phi) is 61.2. The Morgan fingerprint density at radius 3 is 1.04 bits per heavy atom. The highest BCUT2D eigenvalue weighted by atomic mass is 31.2. The maximum atomic E-state index is 12.7. The smallest absolute Gasteiger partial charge is 0.462 e. The van der Waals surface area contributed by atoms with Gasteiger partial charge in [0.1, 0.15) is 6.61 Å². The van der Waals surface area contributed by atoms with E-state index in [4.69, 9.17) is 24.3 Å². The minimum absolute atomic E-state index is 0.0474. The van der Waals surface area contributed by atoms with Crippen LogP contribution in [-0.2, 0) is 32.7 Å². The molecule has 79 heavy (non-hydrogen) atoms. The molecule has 0 aliphatic heterocycles. The van der Waals surface area contributed by atoms with Gasteiger partial charge in [-0.25, -0.2) is 4.57 Å². The number of allylic oxidation sites excluding steroid dienone is 18. The van der Waals surface area contributed by atoms with Crippen molar-refractivity contribution >= 4 is 19.8 Å². The molecule has 454 valence electrons. The molecule has 0 radical (unpaired) electrons. The Morgan fingerprint density at radius 1 is 0.392 bits per heavy atom. The number of carbonyl (C=O) groups excluding carboxylic acids is 2. The number of rotatable bonds is 60. The highest BCUT2D eigenvalue weighted by molar-refractivity contribution is 7.47. The molecule has 0 amide bonds. The van der Waals surface area contributed by atoms with E-state index in [1.165, 1.54) is 154 Å². The number of hydrogen-bond donors (Lipinski definition) is 2. The van der Waals surface area contributed by atoms with Crippen LogP contribution in [0.25, 0.3) is 0 Å². The summed E-state index contributed by atoms with van der Waals surface area (Å²) in [6.45, 7) is 3.62. The lowest BCUT2D eigenvalue weighted by molar-refractivity contribution is -0.161. The van der Waals surface area contributed by atoms with Crippen LogP contribution in [-0.4, -0.2) is 49.3 Å². The maximum absolute atomic E-state index is 12.7. The minimum atomic E-state index is -4.40. The fourth-order valence-corrected chi connectivity index (χ4v) is 9.65. The van der Waals surface area contributed by atoms with E-state index in [1.807, 2.05) is 0 Å². The van der Waals surface area contributed by atoms with Gasteiger partial charge in [-0.15, -0.1) is 0 Å². The number of ether oxygens (including phenoxy) is 2. The van der Waals surface area contributed by atoms with Gasteiger partial charge >= 0.3 is 19.8 Å². The first kappa shape index (κ1) is 75.7. The fourth-order valence-electron chi connectivity index (χ4n) is 8.88. The van der Waals surface area contributed by atoms with Crippen molar-refractivity contribution in [2.24, 2.45) is 5.73 Å². The molecule has 0 aromatic carbocycles. The Bertz CT molecular complexity index is 1660. The van der Waals surface area contributed by atoms with Crippen molar-refractivity contribution in [2.75, 3.05) is 26.4 Å². The molecule has 2 atom stereocenters. The van der Waals surface area contributed by atoms with Crippen molar-refractivity contribution in [3.63, 3.8) is 0 Å². The zero-order valence-corrected chi connectivity index (χ0v) is 51.7. The molecule has 0 bridgehead atoms. The number of phosphoric acid groups is 1. The molecule has 0 fully saturated rings. The van der Waals surface area contributed by atoms with Gasteiger partial charge in [0.05, 0.1) is 13.2 Å². The minimum Gasteiger partial charge on any atom is -0.462 e. The average molecular weight is 1120 g/mol. The third-order valence-corrected chi connectivity index (χ3v) is 14.6. The average Bonchev–Trinajstić information content (AvgIpc) is 3.44. The molecular formula is C69H120NO8P. The highest BCUT2D eigenvalue weighted by Gasteiger charge is 2.26. The van der Waals surface area contributed by atoms with Gasteiger partial charge < -0.3 is 20.1 Å². The van der Waals surface area contributed by atoms with E-state index in [-0.39, 0.29) is 38.6 Å². The molecule has 3 N–H and O–H groups in total. The summed E-state index contributed by atoms with van der Waals surface area (Å²) in [4.78, 5) is 35.3. The van der Waals surface area contributed by atoms with Crippen LogP contribution in [0, 0.1) is 0 Å². The zero-order valence-electron chi connectivity index (χ0n) is 50.8. The van der Waals surface area contributed by atoms with Crippen molar-refractivity contribution < 1.29 is 37.6 Å². The van der Waals surface area contributed by atoms with Gasteiger partial charge in [-0.1, -0.05) is 277 Å². The fraction of sp³-hybridized carbons (Fsp3) is 0.710. The van der Waals surface area contributed by atoms with Crippen LogP contribution < -0.4 is 5.73 Å². The Labute approximate surface area is 486 Å². The van der Waals surface area contributed by atoms with E-state index in [9.17, 15) is 19.0 Å². The van der Waals surface area contributed by atoms with Gasteiger partial charge in [-0.2, -0.15) is 0 Å². The first-order valence-electron chi connectivity index (χ1n) is 32.4. The summed E-state index contributed by atoms with van der Waals surface area (Å²) in [6.07, 6.45) is 87.3. The number of carbonyl (C=O) groups is 2. The summed E-state index contributed by atoms with van der Waals surface area (Å²) in [6, 6.07) is 0. The molecule has 0 aliphatic carbocycles. The number of nitrogens with two attached hydrogens (primary N) is 1. The molecule has 10 heteroatoms. The predicted octanol–water partition coefficient (Wildman–Crippen LogP) is 21.0. The molecular weight excluding hydrogens is 1000 g/mol. The van der Waals surface area contributed by atoms with Gasteiger partial charge in [0.2, 0.25) is 0 Å². The van der Waals surface area contributed by atoms with Crippen molar-refractivity contribution in [2.45, 2.75) is 290 Å². The Balaban J connectivity index is 3.95. The quantitative estimate of drug-likeness (QED) is 0.0264. The van der Waals surface area contributed by atoms with E-state index in [0.717, 1.165) is 96.3 Å². The monoisotopic (exact) mass is 1120 g/mol. The van der Waals surface area contributed by atoms with Gasteiger partial charge in [0, 0.05) is 19.4 Å². The number of esters is 2. The molecule has 0 aromatic rings. The molecule has 9 nitrogen and oxygen atoms in total. The molecule has 0 aliphatic rings. The predicted molar refractivity (Wildman–Crippen MR) is 339 cm³/mol. The lowest BCUT2D eigenvalue weighted by Crippen LogP contribution is -2.29. The SMILES string of the molecule is CC/C=C\C/C=C\C/C=C\C/C=C\C/C=C\C/C=C\CCCCCCCCCCC(=O)OC(COC(=O)CCCCCCCCCCCCCCCCCC/C=C\C/C=C\C/C=C\CCCCCCC)COP(=O)(O)OCCN. The number of phosphoric ester groups is 1. The Morgan fingerprint density at radius 2 is 0.696 bits per heavy atom. The second kappa shape index (κ2) is 63.8. The van der Waals surface area contributed by atoms with Crippen LogP contribution >= 0.6 is 7.82 Å². The molecule has 0 heterocycles. The summed E-state index contributed by atoms with van der Waals surface area (Å²) in [7, 11) is -4.40. The van der Waals surface area contributed by atoms with Gasteiger partial charge in [-0.3, -0.25) is 18.6 Å². The van der Waals surface area contributed by atoms with E-state index in [2.05, 4.69) is 123 Å². The second-order valence-corrected chi connectivity index (χ2v) is 22.7. The summed E-state index contributed by atoms with van der Waals surface area (Å²) >= 11 is 0. The lowest BCUT2D eigenvalue weighted by atomic mass is 10.0. The van der Waals surface area contributed by atoms with Crippen LogP contribution in [0.2, 0.25) is 0 Å². The normalized spacial score (nSPS) is 13.7. The number of unbranched alkanes of at least 4 members (excludes halogenated alkanes) is 29. The maximum Gasteiger partial charge on any atom is 0.472 e. The third kappa shape index (κ3) is 63.7. The Hall–Kier alpha value is -3.33. The molecule has 0 rings (SSSR count). The summed E-state index contributed by atoms with van der Waals surface area (Å²) in [5.74, 6) is -0.836. The summed E-state index contributed by atoms with van der Waals surface area (Å²) in [5, 5.41) is 0. The van der Waals surface area contributed by atoms with E-state index in [0.29, 0.717) is 6.42 Å². The second-order valence-electron chi connectivity index (χ2n) is 21.2. The van der Waals surface area contributed by atoms with Crippen molar-refractivity contribution in [3.8, 4) is 0 Å². The van der Waals surface area contributed by atoms with Crippen molar-refractivity contribution in [1.82, 2.24) is 0 Å². The third-order valence-electron chi connectivity index (χ3n) is 13.6. The van der Waals surface area contributed by atoms with Crippen molar-refractivity contribution in [1.29, 1.82) is 0 Å². The molecule has 2 unspecified atom stereocenters. The van der Waals surface area contributed by atoms with Crippen LogP contribution in [0.5, 0.6) is 0 Å². The standard InChI is InChI=1S/C69H120NO8P/c1-3-5-7-9-11-13-15-17-19-21-23-25-27-29-31-32-33-34-36-37-39-41-43-45-47-49-51-53-55-57-59-61-68(71)75-65-67(66-77-79(73,74)76-64-63-70)78-69(72)62-60-58-56-54-52-50-48-46-44-42-40-38-35-30-28-26-24-22-20-18-16-14-12-10-8-6-4-2/h6,8,12,14-15,17-18,20-21,23-24,26-27,29-30,35,40,42,67H,3-5,7,9-11,13,16,19,22,25,28,31-34,36-39,41,43-66,70H2,1-2H3,(H,73,74)/b8-6-,14-12-,17-15-,20-18-,23-21-,26-24-,29-27-,35-30-,42-40-. The van der Waals surface area contributed by atoms with Crippen LogP contribution in [0.4, 0.5) is 0 Å². The lowest BCUT2D eigenvalue weighted by Gasteiger charge is -2.19. The van der Waals surface area contributed by atoms with E-state index in [1.54, 1.807) is 0 Å². The summed E-state index contributed by atoms with van der Waals surface area (Å²) < 4.78 is 33.1. The molecule has 0 spiro atoms. The van der Waals surface area contributed by atoms with Gasteiger partial charge in [-0.05, 0) is 103 Å². The van der Waals surface area contributed by atoms with Crippen LogP contribution in [0.1, 0.15) is 284 Å². The van der Waals surface area contributed by atoms with Crippen LogP contribution in [0.15, 0.2) is 109 Å². The first-order chi connectivity index (χ1) is 38.8. The molecule has 0 aromatic heterocycles.